The second kappa shape index (κ2) is 7.59. The Balaban J connectivity index is 1.61. The van der Waals surface area contributed by atoms with E-state index in [-0.39, 0.29) is 0 Å². The van der Waals surface area contributed by atoms with E-state index >= 15 is 0 Å². The summed E-state index contributed by atoms with van der Waals surface area (Å²) in [5.41, 5.74) is 0.959. The van der Waals surface area contributed by atoms with Crippen LogP contribution in [-0.2, 0) is 16.8 Å². The average molecular weight is 338 g/mol. The Morgan fingerprint density at radius 2 is 1.65 bits per heavy atom. The van der Waals surface area contributed by atoms with Crippen molar-refractivity contribution in [2.75, 3.05) is 31.1 Å². The molecule has 0 spiro atoms. The van der Waals surface area contributed by atoms with Crippen molar-refractivity contribution in [3.05, 3.63) is 23.9 Å². The van der Waals surface area contributed by atoms with Crippen LogP contribution in [0.15, 0.2) is 18.3 Å². The van der Waals surface area contributed by atoms with Crippen molar-refractivity contribution in [3.8, 4) is 0 Å². The van der Waals surface area contributed by atoms with E-state index in [4.69, 9.17) is 0 Å². The van der Waals surface area contributed by atoms with Gasteiger partial charge < -0.3 is 4.90 Å². The topological polar surface area (TPSA) is 65.5 Å². The maximum atomic E-state index is 12.4. The summed E-state index contributed by atoms with van der Waals surface area (Å²) in [7, 11) is -3.39. The molecule has 2 saturated heterocycles. The number of nitrogens with zero attached hydrogens (tertiary/aromatic N) is 3. The quantitative estimate of drug-likeness (QED) is 0.890. The number of pyridine rings is 1. The fraction of sp³-hybridized carbons (Fsp3) is 0.688. The Morgan fingerprint density at radius 3 is 2.35 bits per heavy atom. The predicted molar refractivity (Wildman–Crippen MR) is 91.5 cm³/mol. The molecule has 2 aliphatic rings. The molecule has 2 fully saturated rings. The van der Waals surface area contributed by atoms with Gasteiger partial charge in [0.05, 0.1) is 0 Å². The normalized spacial score (nSPS) is 20.6. The predicted octanol–water partition coefficient (Wildman–Crippen LogP) is 1.89. The molecule has 7 heteroatoms. The maximum Gasteiger partial charge on any atom is 0.279 e. The molecule has 1 aromatic rings. The van der Waals surface area contributed by atoms with Crippen molar-refractivity contribution in [2.45, 2.75) is 45.1 Å². The van der Waals surface area contributed by atoms with Crippen molar-refractivity contribution >= 4 is 16.0 Å². The Labute approximate surface area is 139 Å². The van der Waals surface area contributed by atoms with Crippen LogP contribution in [0.1, 0.15) is 44.1 Å². The molecule has 0 amide bonds. The molecule has 0 bridgehead atoms. The van der Waals surface area contributed by atoms with E-state index in [9.17, 15) is 8.42 Å². The zero-order valence-electron chi connectivity index (χ0n) is 13.6. The molecule has 0 aromatic carbocycles. The lowest BCUT2D eigenvalue weighted by Gasteiger charge is -2.21. The zero-order valence-corrected chi connectivity index (χ0v) is 14.4. The first-order valence-electron chi connectivity index (χ1n) is 8.60. The highest BCUT2D eigenvalue weighted by Gasteiger charge is 2.22. The van der Waals surface area contributed by atoms with Crippen LogP contribution in [0, 0.1) is 0 Å². The van der Waals surface area contributed by atoms with Gasteiger partial charge in [0.25, 0.3) is 10.2 Å². The number of aromatic nitrogens is 1. The van der Waals surface area contributed by atoms with Gasteiger partial charge in [-0.1, -0.05) is 12.8 Å². The summed E-state index contributed by atoms with van der Waals surface area (Å²) < 4.78 is 29.2. The first kappa shape index (κ1) is 16.7. The molecule has 0 unspecified atom stereocenters. The molecule has 1 aromatic heterocycles. The number of hydrogen-bond acceptors (Lipinski definition) is 4. The number of hydrogen-bond donors (Lipinski definition) is 1. The molecule has 0 atom stereocenters. The molecule has 0 aliphatic carbocycles. The van der Waals surface area contributed by atoms with Gasteiger partial charge in [-0.3, -0.25) is 0 Å². The Morgan fingerprint density at radius 1 is 1.00 bits per heavy atom. The van der Waals surface area contributed by atoms with Gasteiger partial charge in [-0.05, 0) is 43.4 Å². The first-order chi connectivity index (χ1) is 11.1. The van der Waals surface area contributed by atoms with Gasteiger partial charge in [0.2, 0.25) is 0 Å². The van der Waals surface area contributed by atoms with E-state index in [2.05, 4.69) is 14.6 Å². The highest BCUT2D eigenvalue weighted by molar-refractivity contribution is 7.87. The van der Waals surface area contributed by atoms with Crippen LogP contribution >= 0.6 is 0 Å². The zero-order chi connectivity index (χ0) is 16.1. The Kier molecular flexibility index (Phi) is 5.50. The van der Waals surface area contributed by atoms with Gasteiger partial charge in [0.15, 0.2) is 0 Å². The average Bonchev–Trinajstić information content (AvgIpc) is 2.95. The lowest BCUT2D eigenvalue weighted by molar-refractivity contribution is 0.414. The van der Waals surface area contributed by atoms with Crippen LogP contribution < -0.4 is 9.62 Å². The number of anilines is 1. The largest absolute Gasteiger partial charge is 0.357 e. The highest BCUT2D eigenvalue weighted by atomic mass is 32.2. The van der Waals surface area contributed by atoms with Crippen molar-refractivity contribution < 1.29 is 8.42 Å². The molecule has 23 heavy (non-hydrogen) atoms. The minimum absolute atomic E-state index is 0.322. The van der Waals surface area contributed by atoms with Crippen molar-refractivity contribution in [1.29, 1.82) is 0 Å². The minimum atomic E-state index is -3.39. The molecule has 1 N–H and O–H groups in total. The van der Waals surface area contributed by atoms with Crippen LogP contribution in [0.2, 0.25) is 0 Å². The summed E-state index contributed by atoms with van der Waals surface area (Å²) in [6.07, 6.45) is 8.32. The first-order valence-corrected chi connectivity index (χ1v) is 10.0. The Hall–Kier alpha value is -1.18. The van der Waals surface area contributed by atoms with Gasteiger partial charge in [-0.2, -0.15) is 17.4 Å². The molecular formula is C16H26N4O2S. The second-order valence-corrected chi connectivity index (χ2v) is 8.11. The van der Waals surface area contributed by atoms with Crippen LogP contribution in [0.5, 0.6) is 0 Å². The second-order valence-electron chi connectivity index (χ2n) is 6.36. The van der Waals surface area contributed by atoms with Crippen LogP contribution in [0.3, 0.4) is 0 Å². The maximum absolute atomic E-state index is 12.4. The standard InChI is InChI=1S/C16H26N4O2S/c21-23(22,20-11-3-1-2-4-12-20)18-14-15-7-8-17-16(13-15)19-9-5-6-10-19/h7-8,13,18H,1-6,9-12,14H2. The molecule has 3 heterocycles. The smallest absolute Gasteiger partial charge is 0.279 e. The summed E-state index contributed by atoms with van der Waals surface area (Å²) >= 11 is 0. The van der Waals surface area contributed by atoms with Crippen molar-refractivity contribution in [1.82, 2.24) is 14.0 Å². The molecule has 0 radical (unpaired) electrons. The summed E-state index contributed by atoms with van der Waals surface area (Å²) in [4.78, 5) is 6.66. The third-order valence-electron chi connectivity index (χ3n) is 4.60. The van der Waals surface area contributed by atoms with E-state index in [0.29, 0.717) is 19.6 Å². The van der Waals surface area contributed by atoms with Crippen LogP contribution in [0.4, 0.5) is 5.82 Å². The third-order valence-corrected chi connectivity index (χ3v) is 6.16. The molecular weight excluding hydrogens is 312 g/mol. The van der Waals surface area contributed by atoms with Gasteiger partial charge in [-0.15, -0.1) is 0 Å². The van der Waals surface area contributed by atoms with Gasteiger partial charge in [-0.25, -0.2) is 4.98 Å². The van der Waals surface area contributed by atoms with Crippen LogP contribution in [-0.4, -0.2) is 43.9 Å². The summed E-state index contributed by atoms with van der Waals surface area (Å²) in [6.45, 7) is 3.66. The van der Waals surface area contributed by atoms with Gasteiger partial charge >= 0.3 is 0 Å². The van der Waals surface area contributed by atoms with Gasteiger partial charge in [0.1, 0.15) is 5.82 Å². The van der Waals surface area contributed by atoms with Crippen LogP contribution in [0.25, 0.3) is 0 Å². The van der Waals surface area contributed by atoms with E-state index in [1.54, 1.807) is 10.5 Å². The fourth-order valence-corrected chi connectivity index (χ4v) is 4.51. The van der Waals surface area contributed by atoms with Crippen molar-refractivity contribution in [3.63, 3.8) is 0 Å². The summed E-state index contributed by atoms with van der Waals surface area (Å²) in [5, 5.41) is 0. The summed E-state index contributed by atoms with van der Waals surface area (Å²) in [5.74, 6) is 0.953. The number of nitrogens with one attached hydrogen (secondary N) is 1. The molecule has 0 saturated carbocycles. The Bertz CT molecular complexity index is 606. The van der Waals surface area contributed by atoms with E-state index in [1.165, 1.54) is 12.8 Å². The SMILES string of the molecule is O=S(=O)(NCc1ccnc(N2CCCC2)c1)N1CCCCCC1. The molecule has 2 aliphatic heterocycles. The molecule has 128 valence electrons. The van der Waals surface area contributed by atoms with Crippen molar-refractivity contribution in [2.24, 2.45) is 0 Å². The monoisotopic (exact) mass is 338 g/mol. The highest BCUT2D eigenvalue weighted by Crippen LogP contribution is 2.19. The fourth-order valence-electron chi connectivity index (χ4n) is 3.24. The van der Waals surface area contributed by atoms with E-state index < -0.39 is 10.2 Å². The van der Waals surface area contributed by atoms with E-state index in [0.717, 1.165) is 50.2 Å². The minimum Gasteiger partial charge on any atom is -0.357 e. The summed E-state index contributed by atoms with van der Waals surface area (Å²) in [6, 6.07) is 3.88. The third kappa shape index (κ3) is 4.43. The van der Waals surface area contributed by atoms with Gasteiger partial charge in [0, 0.05) is 38.9 Å². The lowest BCUT2D eigenvalue weighted by atomic mass is 10.2. The van der Waals surface area contributed by atoms with E-state index in [1.807, 2.05) is 12.1 Å². The molecule has 6 nitrogen and oxygen atoms in total. The number of rotatable bonds is 5. The molecule has 3 rings (SSSR count). The lowest BCUT2D eigenvalue weighted by Crippen LogP contribution is -2.40.